The van der Waals surface area contributed by atoms with Crippen LogP contribution in [0.25, 0.3) is 0 Å². The first kappa shape index (κ1) is 16.5. The molecule has 6 nitrogen and oxygen atoms in total. The maximum atomic E-state index is 12.4. The van der Waals surface area contributed by atoms with Crippen LogP contribution >= 0.6 is 16.1 Å². The van der Waals surface area contributed by atoms with Crippen molar-refractivity contribution < 1.29 is 22.7 Å². The van der Waals surface area contributed by atoms with Crippen LogP contribution in [0.2, 0.25) is 0 Å². The summed E-state index contributed by atoms with van der Waals surface area (Å²) in [7, 11) is -4.20. The summed E-state index contributed by atoms with van der Waals surface area (Å²) in [5.74, 6) is 0. The summed E-state index contributed by atoms with van der Waals surface area (Å²) in [6.07, 6.45) is 1.13. The molecule has 0 bridgehead atoms. The van der Waals surface area contributed by atoms with Crippen LogP contribution in [0, 0.1) is 0 Å². The first-order valence-corrected chi connectivity index (χ1v) is 9.20. The number of hydrogen-bond donors (Lipinski definition) is 0. The Morgan fingerprint density at radius 3 is 2.17 bits per heavy atom. The molecule has 8 heteroatoms. The molecule has 0 radical (unpaired) electrons. The summed E-state index contributed by atoms with van der Waals surface area (Å²) in [4.78, 5) is 0. The minimum absolute atomic E-state index is 0.219. The van der Waals surface area contributed by atoms with Gasteiger partial charge in [-0.1, -0.05) is 6.92 Å². The molecule has 0 aromatic carbocycles. The molecule has 0 aliphatic carbocycles. The van der Waals surface area contributed by atoms with Gasteiger partial charge in [0.2, 0.25) is 0 Å². The normalized spacial score (nSPS) is 18.4. The molecule has 18 heavy (non-hydrogen) atoms. The van der Waals surface area contributed by atoms with Gasteiger partial charge in [-0.3, -0.25) is 4.57 Å². The molecule has 0 spiro atoms. The van der Waals surface area contributed by atoms with Crippen molar-refractivity contribution in [2.45, 2.75) is 27.2 Å². The molecule has 1 aliphatic rings. The summed E-state index contributed by atoms with van der Waals surface area (Å²) in [6, 6.07) is 0. The van der Waals surface area contributed by atoms with Gasteiger partial charge in [-0.05, 0) is 20.3 Å². The molecule has 0 unspecified atom stereocenters. The van der Waals surface area contributed by atoms with Crippen LogP contribution < -0.4 is 0 Å². The Balaban J connectivity index is 2.60. The maximum absolute atomic E-state index is 12.4. The zero-order valence-corrected chi connectivity index (χ0v) is 13.1. The molecule has 1 rings (SSSR count). The monoisotopic (exact) mass is 299 g/mol. The van der Waals surface area contributed by atoms with Gasteiger partial charge in [-0.2, -0.15) is 0 Å². The smallest absolute Gasteiger partial charge is 0.322 e. The number of nitrogens with zero attached hydrogens (tertiary/aromatic N) is 1. The topological polar surface area (TPSA) is 57.2 Å². The third-order valence-electron chi connectivity index (χ3n) is 2.28. The van der Waals surface area contributed by atoms with Crippen molar-refractivity contribution in [3.05, 3.63) is 0 Å². The molecule has 1 saturated heterocycles. The van der Waals surface area contributed by atoms with E-state index in [4.69, 9.17) is 18.1 Å². The van der Waals surface area contributed by atoms with E-state index in [0.717, 1.165) is 6.42 Å². The van der Waals surface area contributed by atoms with E-state index in [1.165, 1.54) is 0 Å². The van der Waals surface area contributed by atoms with Crippen LogP contribution in [0.5, 0.6) is 0 Å². The van der Waals surface area contributed by atoms with Crippen molar-refractivity contribution in [3.8, 4) is 0 Å². The molecule has 1 heterocycles. The fourth-order valence-corrected chi connectivity index (χ4v) is 5.23. The van der Waals surface area contributed by atoms with E-state index >= 15 is 0 Å². The third kappa shape index (κ3) is 5.22. The number of rotatable bonds is 8. The average Bonchev–Trinajstić information content (AvgIpc) is 2.38. The molecule has 0 amide bonds. The molecule has 0 N–H and O–H groups in total. The molecular weight excluding hydrogens is 276 g/mol. The Bertz CT molecular complexity index is 263. The van der Waals surface area contributed by atoms with E-state index in [2.05, 4.69) is 0 Å². The van der Waals surface area contributed by atoms with Gasteiger partial charge in [-0.25, -0.2) is 4.67 Å². The second-order valence-corrected chi connectivity index (χ2v) is 7.25. The van der Waals surface area contributed by atoms with Crippen molar-refractivity contribution in [1.82, 2.24) is 4.67 Å². The van der Waals surface area contributed by atoms with Gasteiger partial charge < -0.3 is 18.1 Å². The van der Waals surface area contributed by atoms with Gasteiger partial charge >= 0.3 is 7.60 Å². The van der Waals surface area contributed by atoms with Crippen molar-refractivity contribution in [1.29, 1.82) is 0 Å². The van der Waals surface area contributed by atoms with Crippen LogP contribution in [-0.4, -0.2) is 43.9 Å². The molecule has 108 valence electrons. The minimum Gasteiger partial charge on any atom is -0.322 e. The fourth-order valence-electron chi connectivity index (χ4n) is 1.52. The molecule has 0 aromatic rings. The van der Waals surface area contributed by atoms with Gasteiger partial charge in [0.25, 0.3) is 8.53 Å². The highest BCUT2D eigenvalue weighted by Gasteiger charge is 2.32. The second-order valence-electron chi connectivity index (χ2n) is 3.67. The van der Waals surface area contributed by atoms with Crippen LogP contribution in [-0.2, 0) is 22.7 Å². The Labute approximate surface area is 110 Å². The van der Waals surface area contributed by atoms with Gasteiger partial charge in [0.05, 0.1) is 26.4 Å². The van der Waals surface area contributed by atoms with E-state index in [-0.39, 0.29) is 6.29 Å². The highest BCUT2D eigenvalue weighted by atomic mass is 31.2. The third-order valence-corrected chi connectivity index (χ3v) is 6.18. The first-order valence-electron chi connectivity index (χ1n) is 6.34. The summed E-state index contributed by atoms with van der Waals surface area (Å²) >= 11 is 0. The maximum Gasteiger partial charge on any atom is 0.344 e. The lowest BCUT2D eigenvalue weighted by Gasteiger charge is -2.32. The van der Waals surface area contributed by atoms with Gasteiger partial charge in [0.15, 0.2) is 0 Å². The van der Waals surface area contributed by atoms with Gasteiger partial charge in [-0.15, -0.1) is 0 Å². The SMILES string of the molecule is CCOP(=O)(CN(CC)P1OCCCO1)OCC. The van der Waals surface area contributed by atoms with Crippen molar-refractivity contribution in [3.63, 3.8) is 0 Å². The van der Waals surface area contributed by atoms with E-state index < -0.39 is 16.1 Å². The molecule has 1 fully saturated rings. The average molecular weight is 299 g/mol. The summed E-state index contributed by atoms with van der Waals surface area (Å²) in [5, 5.41) is 0. The zero-order valence-electron chi connectivity index (χ0n) is 11.3. The van der Waals surface area contributed by atoms with Crippen molar-refractivity contribution in [2.75, 3.05) is 39.3 Å². The van der Waals surface area contributed by atoms with Gasteiger partial charge in [0.1, 0.15) is 6.29 Å². The lowest BCUT2D eigenvalue weighted by molar-refractivity contribution is 0.148. The first-order chi connectivity index (χ1) is 8.65. The highest BCUT2D eigenvalue weighted by Crippen LogP contribution is 2.55. The second kappa shape index (κ2) is 8.60. The van der Waals surface area contributed by atoms with E-state index in [9.17, 15) is 4.57 Å². The largest absolute Gasteiger partial charge is 0.344 e. The Hall–Kier alpha value is 0.460. The quantitative estimate of drug-likeness (QED) is 0.642. The van der Waals surface area contributed by atoms with Crippen LogP contribution in [0.1, 0.15) is 27.2 Å². The summed E-state index contributed by atoms with van der Waals surface area (Å²) in [5.41, 5.74) is 0. The lowest BCUT2D eigenvalue weighted by Crippen LogP contribution is -2.25. The Morgan fingerprint density at radius 1 is 1.17 bits per heavy atom. The molecule has 0 atom stereocenters. The Morgan fingerprint density at radius 2 is 1.72 bits per heavy atom. The summed E-state index contributed by atoms with van der Waals surface area (Å²) in [6.45, 7) is 8.40. The van der Waals surface area contributed by atoms with Crippen LogP contribution in [0.3, 0.4) is 0 Å². The molecule has 0 aromatic heterocycles. The van der Waals surface area contributed by atoms with Gasteiger partial charge in [0, 0.05) is 6.54 Å². The van der Waals surface area contributed by atoms with E-state index in [1.807, 2.05) is 11.6 Å². The fraction of sp³-hybridized carbons (Fsp3) is 1.00. The predicted molar refractivity (Wildman–Crippen MR) is 71.5 cm³/mol. The van der Waals surface area contributed by atoms with Crippen molar-refractivity contribution in [2.24, 2.45) is 0 Å². The lowest BCUT2D eigenvalue weighted by atomic mass is 10.5. The van der Waals surface area contributed by atoms with E-state index in [0.29, 0.717) is 33.0 Å². The highest BCUT2D eigenvalue weighted by molar-refractivity contribution is 7.55. The molecular formula is C10H23NO5P2. The predicted octanol–water partition coefficient (Wildman–Crippen LogP) is 3.20. The molecule has 1 aliphatic heterocycles. The summed E-state index contributed by atoms with van der Waals surface area (Å²) < 4.78 is 36.0. The standard InChI is InChI=1S/C10H23NO5P2/c1-4-11(17-13-8-7-9-14-17)10-18(12,15-5-2)16-6-3/h4-10H2,1-3H3. The van der Waals surface area contributed by atoms with Crippen molar-refractivity contribution >= 4 is 16.1 Å². The van der Waals surface area contributed by atoms with E-state index in [1.54, 1.807) is 13.8 Å². The van der Waals surface area contributed by atoms with Crippen LogP contribution in [0.15, 0.2) is 0 Å². The zero-order chi connectivity index (χ0) is 13.4. The van der Waals surface area contributed by atoms with Crippen LogP contribution in [0.4, 0.5) is 0 Å². The molecule has 0 saturated carbocycles. The number of hydrogen-bond acceptors (Lipinski definition) is 6. The Kier molecular flexibility index (Phi) is 7.89. The minimum atomic E-state index is -3.08.